The monoisotopic (exact) mass is 181 g/mol. The molecular formula is C9H15N3O. The molecule has 0 bridgehead atoms. The van der Waals surface area contributed by atoms with Gasteiger partial charge in [0.1, 0.15) is 0 Å². The third-order valence-electron chi connectivity index (χ3n) is 2.64. The summed E-state index contributed by atoms with van der Waals surface area (Å²) in [6, 6.07) is 2.37. The van der Waals surface area contributed by atoms with Crippen LogP contribution in [-0.4, -0.2) is 23.6 Å². The molecule has 1 atom stereocenters. The van der Waals surface area contributed by atoms with Crippen LogP contribution in [0.4, 0.5) is 0 Å². The first kappa shape index (κ1) is 8.72. The molecule has 0 aliphatic carbocycles. The van der Waals surface area contributed by atoms with Crippen molar-refractivity contribution in [3.63, 3.8) is 0 Å². The minimum absolute atomic E-state index is 0.410. The average Bonchev–Trinajstić information content (AvgIpc) is 2.71. The Hall–Kier alpha value is -0.870. The van der Waals surface area contributed by atoms with Gasteiger partial charge in [-0.1, -0.05) is 5.16 Å². The van der Waals surface area contributed by atoms with Gasteiger partial charge in [0.2, 0.25) is 0 Å². The largest absolute Gasteiger partial charge is 0.359 e. The minimum Gasteiger partial charge on any atom is -0.359 e. The molecule has 1 saturated heterocycles. The Labute approximate surface area is 77.7 Å². The van der Waals surface area contributed by atoms with Crippen LogP contribution in [0.3, 0.4) is 0 Å². The lowest BCUT2D eigenvalue weighted by Gasteiger charge is -2.15. The summed E-state index contributed by atoms with van der Waals surface area (Å²) in [4.78, 5) is 2.29. The van der Waals surface area contributed by atoms with Crippen molar-refractivity contribution in [1.29, 1.82) is 0 Å². The lowest BCUT2D eigenvalue weighted by atomic mass is 10.1. The molecule has 0 radical (unpaired) electrons. The first-order valence-corrected chi connectivity index (χ1v) is 4.67. The Balaban J connectivity index is 2.15. The lowest BCUT2D eigenvalue weighted by Crippen LogP contribution is -2.16. The summed E-state index contributed by atoms with van der Waals surface area (Å²) >= 11 is 0. The van der Waals surface area contributed by atoms with Crippen LogP contribution >= 0.6 is 0 Å². The van der Waals surface area contributed by atoms with Crippen molar-refractivity contribution in [2.75, 3.05) is 13.6 Å². The summed E-state index contributed by atoms with van der Waals surface area (Å²) in [5.41, 5.74) is 6.30. The first-order valence-electron chi connectivity index (χ1n) is 4.67. The minimum atomic E-state index is 0.410. The highest BCUT2D eigenvalue weighted by Crippen LogP contribution is 2.30. The van der Waals surface area contributed by atoms with Crippen molar-refractivity contribution in [3.8, 4) is 0 Å². The van der Waals surface area contributed by atoms with Gasteiger partial charge in [-0.25, -0.2) is 0 Å². The van der Waals surface area contributed by atoms with E-state index >= 15 is 0 Å². The van der Waals surface area contributed by atoms with E-state index in [1.807, 2.05) is 6.07 Å². The van der Waals surface area contributed by atoms with E-state index in [-0.39, 0.29) is 0 Å². The summed E-state index contributed by atoms with van der Waals surface area (Å²) < 4.78 is 5.24. The second-order valence-electron chi connectivity index (χ2n) is 3.56. The van der Waals surface area contributed by atoms with Crippen molar-refractivity contribution < 1.29 is 4.52 Å². The number of aromatic nitrogens is 1. The third-order valence-corrected chi connectivity index (χ3v) is 2.64. The molecule has 1 fully saturated rings. The molecule has 2 heterocycles. The fraction of sp³-hybridized carbons (Fsp3) is 0.667. The van der Waals surface area contributed by atoms with Crippen LogP contribution < -0.4 is 5.73 Å². The van der Waals surface area contributed by atoms with Crippen LogP contribution in [0.1, 0.15) is 30.3 Å². The summed E-state index contributed by atoms with van der Waals surface area (Å²) in [5, 5.41) is 3.89. The predicted molar refractivity (Wildman–Crippen MR) is 49.0 cm³/mol. The molecule has 0 aromatic carbocycles. The zero-order chi connectivity index (χ0) is 9.26. The topological polar surface area (TPSA) is 55.3 Å². The highest BCUT2D eigenvalue weighted by Gasteiger charge is 2.25. The number of likely N-dealkylation sites (tertiary alicyclic amines) is 1. The van der Waals surface area contributed by atoms with Crippen molar-refractivity contribution in [3.05, 3.63) is 17.5 Å². The molecular weight excluding hydrogens is 166 g/mol. The zero-order valence-corrected chi connectivity index (χ0v) is 7.86. The van der Waals surface area contributed by atoms with Crippen molar-refractivity contribution in [2.24, 2.45) is 5.73 Å². The smallest absolute Gasteiger partial charge is 0.154 e. The highest BCUT2D eigenvalue weighted by molar-refractivity contribution is 5.10. The SMILES string of the molecule is CN1CCCC1c1cc(CN)no1. The van der Waals surface area contributed by atoms with Gasteiger partial charge in [-0.15, -0.1) is 0 Å². The van der Waals surface area contributed by atoms with Crippen molar-refractivity contribution in [1.82, 2.24) is 10.1 Å². The number of nitrogens with two attached hydrogens (primary N) is 1. The van der Waals surface area contributed by atoms with E-state index in [2.05, 4.69) is 17.1 Å². The van der Waals surface area contributed by atoms with Crippen molar-refractivity contribution in [2.45, 2.75) is 25.4 Å². The van der Waals surface area contributed by atoms with E-state index in [0.29, 0.717) is 12.6 Å². The molecule has 72 valence electrons. The van der Waals surface area contributed by atoms with E-state index in [1.54, 1.807) is 0 Å². The number of hydrogen-bond acceptors (Lipinski definition) is 4. The molecule has 4 heteroatoms. The van der Waals surface area contributed by atoms with Gasteiger partial charge in [-0.3, -0.25) is 4.90 Å². The molecule has 2 N–H and O–H groups in total. The van der Waals surface area contributed by atoms with Gasteiger partial charge in [0, 0.05) is 12.6 Å². The van der Waals surface area contributed by atoms with Crippen LogP contribution in [0, 0.1) is 0 Å². The molecule has 13 heavy (non-hydrogen) atoms. The van der Waals surface area contributed by atoms with Gasteiger partial charge in [0.25, 0.3) is 0 Å². The Kier molecular flexibility index (Phi) is 2.33. The molecule has 1 unspecified atom stereocenters. The molecule has 0 spiro atoms. The molecule has 1 aromatic heterocycles. The van der Waals surface area contributed by atoms with E-state index in [0.717, 1.165) is 24.4 Å². The second-order valence-corrected chi connectivity index (χ2v) is 3.56. The van der Waals surface area contributed by atoms with Gasteiger partial charge < -0.3 is 10.3 Å². The standard InChI is InChI=1S/C9H15N3O/c1-12-4-2-3-8(12)9-5-7(6-10)11-13-9/h5,8H,2-4,6,10H2,1H3. The van der Waals surface area contributed by atoms with Crippen LogP contribution in [-0.2, 0) is 6.54 Å². The van der Waals surface area contributed by atoms with Crippen LogP contribution in [0.2, 0.25) is 0 Å². The number of hydrogen-bond donors (Lipinski definition) is 1. The molecule has 2 rings (SSSR count). The van der Waals surface area contributed by atoms with Crippen LogP contribution in [0.15, 0.2) is 10.6 Å². The van der Waals surface area contributed by atoms with E-state index in [1.165, 1.54) is 6.42 Å². The number of nitrogens with zero attached hydrogens (tertiary/aromatic N) is 2. The molecule has 4 nitrogen and oxygen atoms in total. The highest BCUT2D eigenvalue weighted by atomic mass is 16.5. The van der Waals surface area contributed by atoms with Gasteiger partial charge in [-0.2, -0.15) is 0 Å². The van der Waals surface area contributed by atoms with Gasteiger partial charge in [0.05, 0.1) is 11.7 Å². The van der Waals surface area contributed by atoms with E-state index in [4.69, 9.17) is 10.3 Å². The van der Waals surface area contributed by atoms with Gasteiger partial charge >= 0.3 is 0 Å². The normalized spacial score (nSPS) is 24.0. The fourth-order valence-electron chi connectivity index (χ4n) is 1.85. The lowest BCUT2D eigenvalue weighted by molar-refractivity contribution is 0.251. The van der Waals surface area contributed by atoms with E-state index in [9.17, 15) is 0 Å². The maximum absolute atomic E-state index is 5.46. The Morgan fingerprint density at radius 2 is 2.62 bits per heavy atom. The van der Waals surface area contributed by atoms with Crippen LogP contribution in [0.5, 0.6) is 0 Å². The fourth-order valence-corrected chi connectivity index (χ4v) is 1.85. The second kappa shape index (κ2) is 3.47. The average molecular weight is 181 g/mol. The number of rotatable bonds is 2. The third kappa shape index (κ3) is 1.59. The molecule has 1 aromatic rings. The van der Waals surface area contributed by atoms with E-state index < -0.39 is 0 Å². The molecule has 1 aliphatic heterocycles. The summed E-state index contributed by atoms with van der Waals surface area (Å²) in [7, 11) is 2.11. The van der Waals surface area contributed by atoms with Gasteiger partial charge in [-0.05, 0) is 26.4 Å². The molecule has 0 amide bonds. The Morgan fingerprint density at radius 3 is 3.15 bits per heavy atom. The summed E-state index contributed by atoms with van der Waals surface area (Å²) in [5.74, 6) is 0.959. The zero-order valence-electron chi connectivity index (χ0n) is 7.86. The predicted octanol–water partition coefficient (Wildman–Crippen LogP) is 0.900. The Bertz CT molecular complexity index is 284. The van der Waals surface area contributed by atoms with Crippen LogP contribution in [0.25, 0.3) is 0 Å². The molecule has 0 saturated carbocycles. The first-order chi connectivity index (χ1) is 6.31. The maximum atomic E-state index is 5.46. The summed E-state index contributed by atoms with van der Waals surface area (Å²) in [6.45, 7) is 1.60. The summed E-state index contributed by atoms with van der Waals surface area (Å²) in [6.07, 6.45) is 2.40. The quantitative estimate of drug-likeness (QED) is 0.736. The van der Waals surface area contributed by atoms with Crippen molar-refractivity contribution >= 4 is 0 Å². The Morgan fingerprint density at radius 1 is 1.77 bits per heavy atom. The molecule has 1 aliphatic rings. The van der Waals surface area contributed by atoms with Gasteiger partial charge in [0.15, 0.2) is 5.76 Å². The maximum Gasteiger partial charge on any atom is 0.154 e.